The fourth-order valence-corrected chi connectivity index (χ4v) is 3.09. The van der Waals surface area contributed by atoms with Crippen molar-refractivity contribution in [3.63, 3.8) is 0 Å². The zero-order valence-corrected chi connectivity index (χ0v) is 14.8. The van der Waals surface area contributed by atoms with Gasteiger partial charge >= 0.3 is 6.03 Å². The zero-order chi connectivity index (χ0) is 17.8. The van der Waals surface area contributed by atoms with Crippen molar-refractivity contribution in [1.29, 1.82) is 5.26 Å². The van der Waals surface area contributed by atoms with Crippen LogP contribution in [0.4, 0.5) is 16.2 Å². The molecule has 6 heteroatoms. The van der Waals surface area contributed by atoms with Gasteiger partial charge in [-0.2, -0.15) is 5.26 Å². The van der Waals surface area contributed by atoms with E-state index < -0.39 is 0 Å². The Balaban J connectivity index is 1.63. The highest BCUT2D eigenvalue weighted by Crippen LogP contribution is 2.23. The summed E-state index contributed by atoms with van der Waals surface area (Å²) in [6.07, 6.45) is 0. The summed E-state index contributed by atoms with van der Waals surface area (Å²) < 4.78 is 0. The maximum absolute atomic E-state index is 12.5. The topological polar surface area (TPSA) is 59.4 Å². The van der Waals surface area contributed by atoms with Gasteiger partial charge in [-0.05, 0) is 36.8 Å². The molecule has 2 aromatic carbocycles. The van der Waals surface area contributed by atoms with Gasteiger partial charge in [-0.15, -0.1) is 0 Å². The summed E-state index contributed by atoms with van der Waals surface area (Å²) in [7, 11) is 0. The van der Waals surface area contributed by atoms with E-state index in [0.717, 1.165) is 16.9 Å². The van der Waals surface area contributed by atoms with Crippen LogP contribution in [-0.2, 0) is 0 Å². The van der Waals surface area contributed by atoms with E-state index in [1.807, 2.05) is 37.3 Å². The minimum Gasteiger partial charge on any atom is -0.367 e. The normalized spacial score (nSPS) is 14.1. The second kappa shape index (κ2) is 7.45. The van der Waals surface area contributed by atoms with Crippen LogP contribution in [0.1, 0.15) is 11.1 Å². The van der Waals surface area contributed by atoms with Crippen LogP contribution in [-0.4, -0.2) is 37.1 Å². The van der Waals surface area contributed by atoms with Gasteiger partial charge in [0.25, 0.3) is 0 Å². The van der Waals surface area contributed by atoms with Crippen molar-refractivity contribution in [2.45, 2.75) is 6.92 Å². The lowest BCUT2D eigenvalue weighted by Crippen LogP contribution is -2.50. The average molecular weight is 355 g/mol. The summed E-state index contributed by atoms with van der Waals surface area (Å²) in [6.45, 7) is 4.53. The lowest BCUT2D eigenvalue weighted by molar-refractivity contribution is 0.208. The molecule has 5 nitrogen and oxygen atoms in total. The summed E-state index contributed by atoms with van der Waals surface area (Å²) in [5.74, 6) is 0. The fourth-order valence-electron chi connectivity index (χ4n) is 2.92. The fraction of sp³-hybridized carbons (Fsp3) is 0.263. The smallest absolute Gasteiger partial charge is 0.321 e. The predicted octanol–water partition coefficient (Wildman–Crippen LogP) is 3.87. The van der Waals surface area contributed by atoms with Crippen molar-refractivity contribution < 1.29 is 4.79 Å². The number of carbonyl (C=O) groups excluding carboxylic acids is 1. The van der Waals surface area contributed by atoms with Gasteiger partial charge in [0.2, 0.25) is 0 Å². The number of aryl methyl sites for hydroxylation is 1. The molecule has 1 saturated heterocycles. The number of hydrogen-bond donors (Lipinski definition) is 1. The Bertz CT molecular complexity index is 822. The number of para-hydroxylation sites is 1. The van der Waals surface area contributed by atoms with E-state index in [4.69, 9.17) is 11.6 Å². The molecular weight excluding hydrogens is 336 g/mol. The maximum Gasteiger partial charge on any atom is 0.321 e. The number of nitrogens with one attached hydrogen (secondary N) is 1. The van der Waals surface area contributed by atoms with E-state index in [1.54, 1.807) is 17.0 Å². The molecule has 0 atom stereocenters. The van der Waals surface area contributed by atoms with Gasteiger partial charge in [0.05, 0.1) is 11.3 Å². The van der Waals surface area contributed by atoms with E-state index in [-0.39, 0.29) is 6.03 Å². The van der Waals surface area contributed by atoms with Crippen LogP contribution >= 0.6 is 11.6 Å². The van der Waals surface area contributed by atoms with E-state index in [0.29, 0.717) is 36.8 Å². The molecule has 0 bridgehead atoms. The summed E-state index contributed by atoms with van der Waals surface area (Å²) in [4.78, 5) is 16.4. The molecule has 0 aromatic heterocycles. The summed E-state index contributed by atoms with van der Waals surface area (Å²) in [6, 6.07) is 15.1. The number of anilines is 2. The number of hydrogen-bond acceptors (Lipinski definition) is 3. The van der Waals surface area contributed by atoms with Crippen molar-refractivity contribution in [2.75, 3.05) is 36.4 Å². The average Bonchev–Trinajstić information content (AvgIpc) is 2.64. The number of piperazine rings is 1. The molecule has 0 unspecified atom stereocenters. The van der Waals surface area contributed by atoms with Crippen LogP contribution in [0.3, 0.4) is 0 Å². The van der Waals surface area contributed by atoms with E-state index in [9.17, 15) is 10.1 Å². The van der Waals surface area contributed by atoms with Gasteiger partial charge in [-0.3, -0.25) is 0 Å². The number of rotatable bonds is 2. The molecule has 128 valence electrons. The molecule has 1 fully saturated rings. The van der Waals surface area contributed by atoms with Gasteiger partial charge in [0, 0.05) is 36.9 Å². The lowest BCUT2D eigenvalue weighted by Gasteiger charge is -2.36. The summed E-state index contributed by atoms with van der Waals surface area (Å²) in [5.41, 5.74) is 3.29. The van der Waals surface area contributed by atoms with Gasteiger partial charge in [-0.1, -0.05) is 29.8 Å². The SMILES string of the molecule is Cc1ccc(Cl)cc1NC(=O)N1CCN(c2ccccc2C#N)CC1. The van der Waals surface area contributed by atoms with Crippen LogP contribution in [0.5, 0.6) is 0 Å². The van der Waals surface area contributed by atoms with E-state index in [2.05, 4.69) is 16.3 Å². The molecule has 0 aliphatic carbocycles. The van der Waals surface area contributed by atoms with Gasteiger partial charge < -0.3 is 15.1 Å². The highest BCUT2D eigenvalue weighted by atomic mass is 35.5. The van der Waals surface area contributed by atoms with Crippen molar-refractivity contribution in [3.05, 3.63) is 58.6 Å². The monoisotopic (exact) mass is 354 g/mol. The molecule has 1 aliphatic rings. The van der Waals surface area contributed by atoms with Gasteiger partial charge in [0.1, 0.15) is 6.07 Å². The molecule has 2 amide bonds. The second-order valence-electron chi connectivity index (χ2n) is 5.99. The first-order valence-electron chi connectivity index (χ1n) is 8.14. The molecule has 0 spiro atoms. The Morgan fingerprint density at radius 1 is 1.16 bits per heavy atom. The lowest BCUT2D eigenvalue weighted by atomic mass is 10.1. The van der Waals surface area contributed by atoms with Crippen LogP contribution in [0.25, 0.3) is 0 Å². The zero-order valence-electron chi connectivity index (χ0n) is 14.0. The Labute approximate surface area is 152 Å². The highest BCUT2D eigenvalue weighted by Gasteiger charge is 2.22. The van der Waals surface area contributed by atoms with Crippen molar-refractivity contribution in [2.24, 2.45) is 0 Å². The third-order valence-corrected chi connectivity index (χ3v) is 4.61. The molecular formula is C19H19ClN4O. The third kappa shape index (κ3) is 3.86. The van der Waals surface area contributed by atoms with Crippen LogP contribution < -0.4 is 10.2 Å². The number of urea groups is 1. The quantitative estimate of drug-likeness (QED) is 0.890. The minimum atomic E-state index is -0.126. The van der Waals surface area contributed by atoms with Crippen molar-refractivity contribution in [3.8, 4) is 6.07 Å². The van der Waals surface area contributed by atoms with E-state index >= 15 is 0 Å². The van der Waals surface area contributed by atoms with Gasteiger partial charge in [0.15, 0.2) is 0 Å². The first-order valence-corrected chi connectivity index (χ1v) is 8.52. The summed E-state index contributed by atoms with van der Waals surface area (Å²) >= 11 is 6.00. The Morgan fingerprint density at radius 2 is 1.88 bits per heavy atom. The van der Waals surface area contributed by atoms with Crippen molar-refractivity contribution >= 4 is 29.0 Å². The Morgan fingerprint density at radius 3 is 2.60 bits per heavy atom. The first kappa shape index (κ1) is 17.1. The van der Waals surface area contributed by atoms with E-state index in [1.165, 1.54) is 0 Å². The van der Waals surface area contributed by atoms with Crippen LogP contribution in [0.15, 0.2) is 42.5 Å². The summed E-state index contributed by atoms with van der Waals surface area (Å²) in [5, 5.41) is 12.8. The van der Waals surface area contributed by atoms with Crippen LogP contribution in [0.2, 0.25) is 5.02 Å². The number of nitrogens with zero attached hydrogens (tertiary/aromatic N) is 3. The second-order valence-corrected chi connectivity index (χ2v) is 6.43. The molecule has 1 aliphatic heterocycles. The molecule has 0 saturated carbocycles. The Kier molecular flexibility index (Phi) is 5.11. The maximum atomic E-state index is 12.5. The third-order valence-electron chi connectivity index (χ3n) is 4.37. The predicted molar refractivity (Wildman–Crippen MR) is 100 cm³/mol. The number of halogens is 1. The molecule has 1 N–H and O–H groups in total. The molecule has 2 aromatic rings. The number of carbonyl (C=O) groups is 1. The number of nitriles is 1. The molecule has 3 rings (SSSR count). The number of benzene rings is 2. The largest absolute Gasteiger partial charge is 0.367 e. The Hall–Kier alpha value is -2.71. The molecule has 1 heterocycles. The van der Waals surface area contributed by atoms with Crippen LogP contribution in [0, 0.1) is 18.3 Å². The minimum absolute atomic E-state index is 0.126. The first-order chi connectivity index (χ1) is 12.1. The van der Waals surface area contributed by atoms with Gasteiger partial charge in [-0.25, -0.2) is 4.79 Å². The molecule has 0 radical (unpaired) electrons. The van der Waals surface area contributed by atoms with Crippen molar-refractivity contribution in [1.82, 2.24) is 4.90 Å². The molecule has 25 heavy (non-hydrogen) atoms. The highest BCUT2D eigenvalue weighted by molar-refractivity contribution is 6.31. The number of amides is 2. The standard InChI is InChI=1S/C19H19ClN4O/c1-14-6-7-16(20)12-17(14)22-19(25)24-10-8-23(9-11-24)18-5-3-2-4-15(18)13-21/h2-7,12H,8-11H2,1H3,(H,22,25).